The first-order valence-electron chi connectivity index (χ1n) is 7.64. The van der Waals surface area contributed by atoms with Crippen LogP contribution < -0.4 is 0 Å². The molecule has 0 aromatic heterocycles. The number of aryl methyl sites for hydroxylation is 5. The molecule has 0 saturated heterocycles. The normalized spacial score (nSPS) is 12.0. The summed E-state index contributed by atoms with van der Waals surface area (Å²) in [6.07, 6.45) is 0. The fourth-order valence-electron chi connectivity index (χ4n) is 4.01. The maximum atomic E-state index is 2.38. The molecule has 0 radical (unpaired) electrons. The average molecular weight is 272 g/mol. The molecule has 0 unspecified atom stereocenters. The topological polar surface area (TPSA) is 0 Å². The summed E-state index contributed by atoms with van der Waals surface area (Å²) in [6.45, 7) is 11.2. The average Bonchev–Trinajstić information content (AvgIpc) is 2.43. The van der Waals surface area contributed by atoms with Crippen LogP contribution in [0.1, 0.15) is 27.8 Å². The lowest BCUT2D eigenvalue weighted by Gasteiger charge is -2.18. The first-order chi connectivity index (χ1) is 9.99. The molecule has 0 amide bonds. The van der Waals surface area contributed by atoms with E-state index < -0.39 is 0 Å². The fraction of sp³-hybridized carbons (Fsp3) is 0.238. The van der Waals surface area contributed by atoms with Gasteiger partial charge in [0, 0.05) is 0 Å². The molecule has 21 heavy (non-hydrogen) atoms. The third-order valence-corrected chi connectivity index (χ3v) is 5.13. The lowest BCUT2D eigenvalue weighted by Crippen LogP contribution is -1.94. The van der Waals surface area contributed by atoms with E-state index in [1.54, 1.807) is 0 Å². The molecule has 0 N–H and O–H groups in total. The quantitative estimate of drug-likeness (QED) is 0.338. The smallest absolute Gasteiger partial charge is 0.00187 e. The van der Waals surface area contributed by atoms with Crippen molar-refractivity contribution in [3.8, 4) is 0 Å². The summed E-state index contributed by atoms with van der Waals surface area (Å²) in [5.41, 5.74) is 6.97. The molecule has 0 heterocycles. The van der Waals surface area contributed by atoms with Crippen LogP contribution in [0.5, 0.6) is 0 Å². The molecule has 0 atom stereocenters. The zero-order valence-corrected chi connectivity index (χ0v) is 13.4. The van der Waals surface area contributed by atoms with Crippen LogP contribution in [-0.2, 0) is 0 Å². The van der Waals surface area contributed by atoms with Gasteiger partial charge in [-0.2, -0.15) is 0 Å². The summed E-state index contributed by atoms with van der Waals surface area (Å²) in [5.74, 6) is 0. The minimum atomic E-state index is 1.37. The van der Waals surface area contributed by atoms with Gasteiger partial charge in [-0.1, -0.05) is 30.3 Å². The van der Waals surface area contributed by atoms with Crippen LogP contribution in [0.2, 0.25) is 0 Å². The minimum Gasteiger partial charge on any atom is -0.0551 e. The third-order valence-electron chi connectivity index (χ3n) is 5.13. The van der Waals surface area contributed by atoms with Crippen molar-refractivity contribution in [3.63, 3.8) is 0 Å². The Morgan fingerprint density at radius 1 is 0.524 bits per heavy atom. The Bertz CT molecular complexity index is 1020. The monoisotopic (exact) mass is 272 g/mol. The Kier molecular flexibility index (Phi) is 2.39. The molecule has 0 spiro atoms. The summed E-state index contributed by atoms with van der Waals surface area (Å²) < 4.78 is 0. The van der Waals surface area contributed by atoms with Gasteiger partial charge < -0.3 is 0 Å². The maximum Gasteiger partial charge on any atom is -0.00187 e. The standard InChI is InChI=1S/C21H20/c1-11-9-16-6-7-17-12(2)8-13(3)19-14(4)10-18(15(11)5)20(16)21(17)19/h6-10H,1-5H3. The number of benzene rings is 4. The van der Waals surface area contributed by atoms with Crippen molar-refractivity contribution in [2.24, 2.45) is 0 Å². The molecule has 4 aromatic rings. The maximum absolute atomic E-state index is 2.38. The molecule has 0 aliphatic carbocycles. The van der Waals surface area contributed by atoms with Crippen molar-refractivity contribution in [1.82, 2.24) is 0 Å². The first-order valence-corrected chi connectivity index (χ1v) is 7.64. The van der Waals surface area contributed by atoms with Crippen molar-refractivity contribution >= 4 is 32.3 Å². The van der Waals surface area contributed by atoms with E-state index in [0.717, 1.165) is 0 Å². The second-order valence-electron chi connectivity index (χ2n) is 6.53. The summed E-state index contributed by atoms with van der Waals surface area (Å²) in [5, 5.41) is 8.55. The summed E-state index contributed by atoms with van der Waals surface area (Å²) >= 11 is 0. The van der Waals surface area contributed by atoms with Gasteiger partial charge in [0.1, 0.15) is 0 Å². The highest BCUT2D eigenvalue weighted by atomic mass is 14.2. The second kappa shape index (κ2) is 3.98. The van der Waals surface area contributed by atoms with Crippen LogP contribution in [0.3, 0.4) is 0 Å². The van der Waals surface area contributed by atoms with E-state index in [2.05, 4.69) is 65.0 Å². The molecule has 0 aliphatic heterocycles. The predicted molar refractivity (Wildman–Crippen MR) is 93.8 cm³/mol. The Labute approximate surface area is 125 Å². The highest BCUT2D eigenvalue weighted by molar-refractivity contribution is 6.25. The molecule has 104 valence electrons. The van der Waals surface area contributed by atoms with Gasteiger partial charge in [0.25, 0.3) is 0 Å². The molecular weight excluding hydrogens is 252 g/mol. The van der Waals surface area contributed by atoms with E-state index in [0.29, 0.717) is 0 Å². The van der Waals surface area contributed by atoms with Crippen molar-refractivity contribution in [1.29, 1.82) is 0 Å². The second-order valence-corrected chi connectivity index (χ2v) is 6.53. The lowest BCUT2D eigenvalue weighted by atomic mass is 9.85. The Hall–Kier alpha value is -2.08. The van der Waals surface area contributed by atoms with Crippen molar-refractivity contribution in [3.05, 3.63) is 58.1 Å². The van der Waals surface area contributed by atoms with Gasteiger partial charge >= 0.3 is 0 Å². The number of hydrogen-bond donors (Lipinski definition) is 0. The number of hydrogen-bond acceptors (Lipinski definition) is 0. The number of rotatable bonds is 0. The van der Waals surface area contributed by atoms with E-state index in [-0.39, 0.29) is 0 Å². The van der Waals surface area contributed by atoms with Crippen LogP contribution in [-0.4, -0.2) is 0 Å². The van der Waals surface area contributed by atoms with Crippen LogP contribution in [0.15, 0.2) is 30.3 Å². The summed E-state index contributed by atoms with van der Waals surface area (Å²) in [6, 6.07) is 11.6. The molecule has 0 fully saturated rings. The van der Waals surface area contributed by atoms with Gasteiger partial charge in [-0.3, -0.25) is 0 Å². The van der Waals surface area contributed by atoms with Crippen molar-refractivity contribution < 1.29 is 0 Å². The molecule has 0 bridgehead atoms. The molecule has 4 rings (SSSR count). The van der Waals surface area contributed by atoms with Crippen molar-refractivity contribution in [2.45, 2.75) is 34.6 Å². The Morgan fingerprint density at radius 3 is 2.00 bits per heavy atom. The van der Waals surface area contributed by atoms with Gasteiger partial charge in [0.2, 0.25) is 0 Å². The highest BCUT2D eigenvalue weighted by Crippen LogP contribution is 2.40. The summed E-state index contributed by atoms with van der Waals surface area (Å²) in [4.78, 5) is 0. The SMILES string of the molecule is Cc1cc2ccc3c(C)cc(C)c4c(C)cc(c1C)c2c34. The Balaban J connectivity index is 2.48. The van der Waals surface area contributed by atoms with Crippen LogP contribution in [0.25, 0.3) is 32.3 Å². The van der Waals surface area contributed by atoms with E-state index >= 15 is 0 Å². The molecule has 4 aromatic carbocycles. The summed E-state index contributed by atoms with van der Waals surface area (Å²) in [7, 11) is 0. The predicted octanol–water partition coefficient (Wildman–Crippen LogP) is 6.13. The highest BCUT2D eigenvalue weighted by Gasteiger charge is 2.15. The third kappa shape index (κ3) is 1.51. The van der Waals surface area contributed by atoms with E-state index in [1.807, 2.05) is 0 Å². The van der Waals surface area contributed by atoms with E-state index in [1.165, 1.54) is 60.1 Å². The van der Waals surface area contributed by atoms with Gasteiger partial charge in [0.05, 0.1) is 0 Å². The van der Waals surface area contributed by atoms with Gasteiger partial charge in [-0.15, -0.1) is 0 Å². The minimum absolute atomic E-state index is 1.37. The first kappa shape index (κ1) is 12.6. The van der Waals surface area contributed by atoms with Gasteiger partial charge in [0.15, 0.2) is 0 Å². The van der Waals surface area contributed by atoms with E-state index in [9.17, 15) is 0 Å². The lowest BCUT2D eigenvalue weighted by molar-refractivity contribution is 1.38. The van der Waals surface area contributed by atoms with Crippen LogP contribution >= 0.6 is 0 Å². The van der Waals surface area contributed by atoms with Gasteiger partial charge in [-0.05, 0) is 94.8 Å². The fourth-order valence-corrected chi connectivity index (χ4v) is 4.01. The zero-order valence-electron chi connectivity index (χ0n) is 13.4. The molecule has 0 heteroatoms. The molecule has 0 saturated carbocycles. The van der Waals surface area contributed by atoms with Crippen LogP contribution in [0, 0.1) is 34.6 Å². The van der Waals surface area contributed by atoms with Crippen LogP contribution in [0.4, 0.5) is 0 Å². The zero-order chi connectivity index (χ0) is 14.9. The largest absolute Gasteiger partial charge is 0.0551 e. The van der Waals surface area contributed by atoms with E-state index in [4.69, 9.17) is 0 Å². The molecular formula is C21H20. The molecule has 0 aliphatic rings. The molecule has 0 nitrogen and oxygen atoms in total. The Morgan fingerprint density at radius 2 is 1.24 bits per heavy atom. The van der Waals surface area contributed by atoms with Gasteiger partial charge in [-0.25, -0.2) is 0 Å². The van der Waals surface area contributed by atoms with Crippen molar-refractivity contribution in [2.75, 3.05) is 0 Å².